The molecule has 0 unspecified atom stereocenters. The second-order valence-corrected chi connectivity index (χ2v) is 5.19. The zero-order valence-corrected chi connectivity index (χ0v) is 10.7. The molecule has 1 aliphatic rings. The van der Waals surface area contributed by atoms with E-state index in [1.807, 2.05) is 0 Å². The summed E-state index contributed by atoms with van der Waals surface area (Å²) >= 11 is 0.608. The molecule has 0 atom stereocenters. The summed E-state index contributed by atoms with van der Waals surface area (Å²) in [6, 6.07) is 0. The third kappa shape index (κ3) is 3.23. The Morgan fingerprint density at radius 2 is 2.21 bits per heavy atom. The predicted molar refractivity (Wildman–Crippen MR) is 66.4 cm³/mol. The Hall–Kier alpha value is -1.63. The van der Waals surface area contributed by atoms with Crippen LogP contribution >= 0.6 is 11.3 Å². The lowest BCUT2D eigenvalue weighted by molar-refractivity contribution is -0.137. The largest absolute Gasteiger partial charge is 0.443 e. The number of rotatable bonds is 3. The van der Waals surface area contributed by atoms with Gasteiger partial charge in [0.15, 0.2) is 5.01 Å². The van der Waals surface area contributed by atoms with E-state index in [0.717, 1.165) is 0 Å². The first-order valence-electron chi connectivity index (χ1n) is 5.52. The molecule has 1 fully saturated rings. The van der Waals surface area contributed by atoms with Crippen LogP contribution in [0.1, 0.15) is 9.88 Å². The molecule has 0 saturated carbocycles. The molecular formula is C12H11F3N2OS. The fraction of sp³-hybridized carbons (Fsp3) is 0.333. The van der Waals surface area contributed by atoms with E-state index in [-0.39, 0.29) is 11.8 Å². The van der Waals surface area contributed by atoms with Gasteiger partial charge in [-0.2, -0.15) is 13.2 Å². The molecule has 1 aromatic rings. The lowest BCUT2D eigenvalue weighted by atomic mass is 9.99. The number of nitrogens with zero attached hydrogens (tertiary/aromatic N) is 2. The topological polar surface area (TPSA) is 33.2 Å². The fourth-order valence-electron chi connectivity index (χ4n) is 1.67. The van der Waals surface area contributed by atoms with Crippen LogP contribution in [-0.4, -0.2) is 28.9 Å². The number of hydrogen-bond donors (Lipinski definition) is 0. The molecule has 0 aromatic carbocycles. The van der Waals surface area contributed by atoms with Gasteiger partial charge in [0.2, 0.25) is 5.91 Å². The summed E-state index contributed by atoms with van der Waals surface area (Å²) in [6.45, 7) is 4.54. The van der Waals surface area contributed by atoms with Crippen molar-refractivity contribution in [1.82, 2.24) is 9.88 Å². The van der Waals surface area contributed by atoms with Gasteiger partial charge < -0.3 is 4.90 Å². The number of carbonyl (C=O) groups is 1. The average molecular weight is 288 g/mol. The minimum Gasteiger partial charge on any atom is -0.338 e. The van der Waals surface area contributed by atoms with Gasteiger partial charge >= 0.3 is 6.18 Å². The van der Waals surface area contributed by atoms with E-state index in [0.29, 0.717) is 29.3 Å². The van der Waals surface area contributed by atoms with Crippen LogP contribution in [0.4, 0.5) is 13.2 Å². The molecule has 0 N–H and O–H groups in total. The van der Waals surface area contributed by atoms with Crippen molar-refractivity contribution in [3.8, 4) is 0 Å². The van der Waals surface area contributed by atoms with Crippen molar-refractivity contribution in [1.29, 1.82) is 0 Å². The van der Waals surface area contributed by atoms with Crippen molar-refractivity contribution in [2.45, 2.75) is 6.18 Å². The molecule has 19 heavy (non-hydrogen) atoms. The van der Waals surface area contributed by atoms with Crippen LogP contribution in [0.25, 0.3) is 6.08 Å². The second kappa shape index (κ2) is 5.16. The first-order chi connectivity index (χ1) is 8.90. The van der Waals surface area contributed by atoms with E-state index >= 15 is 0 Å². The SMILES string of the molecule is C=CC(=O)N1CC(/C=C\c2cnc(C(F)(F)F)s2)C1. The summed E-state index contributed by atoms with van der Waals surface area (Å²) in [6.07, 6.45) is 1.49. The summed E-state index contributed by atoms with van der Waals surface area (Å²) < 4.78 is 37.0. The van der Waals surface area contributed by atoms with E-state index in [4.69, 9.17) is 0 Å². The Morgan fingerprint density at radius 3 is 2.74 bits per heavy atom. The van der Waals surface area contributed by atoms with Gasteiger partial charge in [0.25, 0.3) is 0 Å². The van der Waals surface area contributed by atoms with E-state index in [1.54, 1.807) is 17.1 Å². The highest BCUT2D eigenvalue weighted by molar-refractivity contribution is 7.12. The van der Waals surface area contributed by atoms with Crippen molar-refractivity contribution in [3.63, 3.8) is 0 Å². The lowest BCUT2D eigenvalue weighted by Gasteiger charge is -2.36. The smallest absolute Gasteiger partial charge is 0.338 e. The molecule has 0 radical (unpaired) electrons. The summed E-state index contributed by atoms with van der Waals surface area (Å²) in [5.74, 6) is 0.0575. The van der Waals surface area contributed by atoms with Gasteiger partial charge in [-0.15, -0.1) is 11.3 Å². The van der Waals surface area contributed by atoms with Crippen molar-refractivity contribution < 1.29 is 18.0 Å². The molecule has 2 rings (SSSR count). The van der Waals surface area contributed by atoms with E-state index in [2.05, 4.69) is 11.6 Å². The molecule has 2 heterocycles. The monoisotopic (exact) mass is 288 g/mol. The quantitative estimate of drug-likeness (QED) is 0.801. The molecule has 1 amide bonds. The Labute approximate surface area is 112 Å². The normalized spacial score (nSPS) is 16.7. The molecule has 3 nitrogen and oxygen atoms in total. The zero-order chi connectivity index (χ0) is 14.0. The summed E-state index contributed by atoms with van der Waals surface area (Å²) in [5, 5.41) is -0.843. The van der Waals surface area contributed by atoms with Crippen LogP contribution in [-0.2, 0) is 11.0 Å². The van der Waals surface area contributed by atoms with Gasteiger partial charge in [0, 0.05) is 30.1 Å². The maximum absolute atomic E-state index is 12.3. The maximum Gasteiger partial charge on any atom is 0.443 e. The number of carbonyl (C=O) groups excluding carboxylic acids is 1. The second-order valence-electron chi connectivity index (χ2n) is 4.13. The van der Waals surface area contributed by atoms with Crippen molar-refractivity contribution in [3.05, 3.63) is 34.8 Å². The Balaban J connectivity index is 1.89. The highest BCUT2D eigenvalue weighted by Crippen LogP contribution is 2.33. The molecule has 0 aliphatic carbocycles. The van der Waals surface area contributed by atoms with E-state index < -0.39 is 11.2 Å². The maximum atomic E-state index is 12.3. The van der Waals surface area contributed by atoms with E-state index in [9.17, 15) is 18.0 Å². The number of thiazole rings is 1. The third-order valence-corrected chi connectivity index (χ3v) is 3.70. The number of hydrogen-bond acceptors (Lipinski definition) is 3. The van der Waals surface area contributed by atoms with Gasteiger partial charge in [-0.1, -0.05) is 12.7 Å². The first kappa shape index (κ1) is 13.8. The summed E-state index contributed by atoms with van der Waals surface area (Å²) in [5.41, 5.74) is 0. The van der Waals surface area contributed by atoms with Crippen LogP contribution in [0.2, 0.25) is 0 Å². The van der Waals surface area contributed by atoms with Gasteiger partial charge in [-0.3, -0.25) is 4.79 Å². The molecule has 1 saturated heterocycles. The van der Waals surface area contributed by atoms with Crippen LogP contribution < -0.4 is 0 Å². The molecule has 7 heteroatoms. The molecule has 1 aromatic heterocycles. The van der Waals surface area contributed by atoms with Gasteiger partial charge in [-0.05, 0) is 12.2 Å². The minimum absolute atomic E-state index is 0.123. The lowest BCUT2D eigenvalue weighted by Crippen LogP contribution is -2.48. The molecular weight excluding hydrogens is 277 g/mol. The van der Waals surface area contributed by atoms with Gasteiger partial charge in [0.1, 0.15) is 0 Å². The molecule has 0 bridgehead atoms. The van der Waals surface area contributed by atoms with Crippen LogP contribution in [0.15, 0.2) is 24.9 Å². The molecule has 1 aliphatic heterocycles. The predicted octanol–water partition coefficient (Wildman–Crippen LogP) is 2.82. The third-order valence-electron chi connectivity index (χ3n) is 2.69. The summed E-state index contributed by atoms with van der Waals surface area (Å²) in [7, 11) is 0. The highest BCUT2D eigenvalue weighted by atomic mass is 32.1. The Morgan fingerprint density at radius 1 is 1.53 bits per heavy atom. The number of halogens is 3. The number of likely N-dealkylation sites (tertiary alicyclic amines) is 1. The Kier molecular flexibility index (Phi) is 3.75. The average Bonchev–Trinajstić information content (AvgIpc) is 2.74. The van der Waals surface area contributed by atoms with Crippen LogP contribution in [0.3, 0.4) is 0 Å². The number of alkyl halides is 3. The Bertz CT molecular complexity index is 515. The minimum atomic E-state index is -4.39. The first-order valence-corrected chi connectivity index (χ1v) is 6.34. The highest BCUT2D eigenvalue weighted by Gasteiger charge is 2.34. The van der Waals surface area contributed by atoms with Gasteiger partial charge in [-0.25, -0.2) is 4.98 Å². The van der Waals surface area contributed by atoms with Crippen LogP contribution in [0, 0.1) is 5.92 Å². The van der Waals surface area contributed by atoms with Crippen molar-refractivity contribution in [2.75, 3.05) is 13.1 Å². The summed E-state index contributed by atoms with van der Waals surface area (Å²) in [4.78, 5) is 16.6. The molecule has 0 spiro atoms. The number of aromatic nitrogens is 1. The number of amides is 1. The van der Waals surface area contributed by atoms with Crippen LogP contribution in [0.5, 0.6) is 0 Å². The van der Waals surface area contributed by atoms with Crippen molar-refractivity contribution >= 4 is 23.3 Å². The molecule has 102 valence electrons. The standard InChI is InChI=1S/C12H11F3N2OS/c1-2-10(18)17-6-8(7-17)3-4-9-5-16-11(19-9)12(13,14)15/h2-5,8H,1,6-7H2/b4-3-. The zero-order valence-electron chi connectivity index (χ0n) is 9.85. The fourth-order valence-corrected chi connectivity index (χ4v) is 2.37. The van der Waals surface area contributed by atoms with Crippen molar-refractivity contribution in [2.24, 2.45) is 5.92 Å². The van der Waals surface area contributed by atoms with Gasteiger partial charge in [0.05, 0.1) is 0 Å². The van der Waals surface area contributed by atoms with E-state index in [1.165, 1.54) is 12.3 Å².